The van der Waals surface area contributed by atoms with Gasteiger partial charge in [-0.05, 0) is 56.1 Å². The average Bonchev–Trinajstić information content (AvgIpc) is 2.70. The Labute approximate surface area is 160 Å². The van der Waals surface area contributed by atoms with Crippen LogP contribution in [0.25, 0.3) is 0 Å². The second kappa shape index (κ2) is 8.82. The molecule has 0 radical (unpaired) electrons. The Balaban J connectivity index is 1.56. The maximum Gasteiger partial charge on any atom is 0.337 e. The molecule has 1 unspecified atom stereocenters. The lowest BCUT2D eigenvalue weighted by Gasteiger charge is -2.32. The first-order valence-corrected chi connectivity index (χ1v) is 9.32. The van der Waals surface area contributed by atoms with E-state index in [2.05, 4.69) is 46.1 Å². The number of carbonyl (C=O) groups excluding carboxylic acids is 2. The number of anilines is 1. The molecule has 1 amide bonds. The van der Waals surface area contributed by atoms with Crippen molar-refractivity contribution in [3.63, 3.8) is 0 Å². The molecule has 0 aromatic heterocycles. The molecule has 1 heterocycles. The summed E-state index contributed by atoms with van der Waals surface area (Å²) in [5.74, 6) is -0.370. The van der Waals surface area contributed by atoms with Crippen molar-refractivity contribution in [3.8, 4) is 0 Å². The van der Waals surface area contributed by atoms with Gasteiger partial charge in [-0.3, -0.25) is 9.69 Å². The van der Waals surface area contributed by atoms with E-state index in [0.29, 0.717) is 11.3 Å². The molecule has 1 saturated heterocycles. The van der Waals surface area contributed by atoms with Crippen LogP contribution in [0.1, 0.15) is 34.3 Å². The first-order valence-electron chi connectivity index (χ1n) is 9.32. The number of methoxy groups -OCH3 is 1. The van der Waals surface area contributed by atoms with E-state index >= 15 is 0 Å². The number of hydrogen-bond donors (Lipinski definition) is 1. The molecule has 1 fully saturated rings. The van der Waals surface area contributed by atoms with Crippen LogP contribution < -0.4 is 5.32 Å². The summed E-state index contributed by atoms with van der Waals surface area (Å²) < 4.78 is 4.69. The third kappa shape index (κ3) is 5.17. The lowest BCUT2D eigenvalue weighted by molar-refractivity contribution is -0.121. The molecule has 2 aromatic carbocycles. The van der Waals surface area contributed by atoms with Gasteiger partial charge in [0.25, 0.3) is 0 Å². The van der Waals surface area contributed by atoms with Crippen molar-refractivity contribution in [2.24, 2.45) is 5.92 Å². The summed E-state index contributed by atoms with van der Waals surface area (Å²) >= 11 is 0. The largest absolute Gasteiger partial charge is 0.465 e. The van der Waals surface area contributed by atoms with Gasteiger partial charge in [0.05, 0.1) is 18.6 Å². The fourth-order valence-electron chi connectivity index (χ4n) is 3.42. The van der Waals surface area contributed by atoms with E-state index in [1.165, 1.54) is 18.2 Å². The van der Waals surface area contributed by atoms with Crippen molar-refractivity contribution in [1.29, 1.82) is 0 Å². The molecule has 1 atom stereocenters. The standard InChI is InChI=1S/C22H26N2O3/c1-16-5-7-17(8-6-16)14-24-13-3-4-19(15-24)21(25)23-20-11-9-18(10-12-20)22(26)27-2/h5-12,19H,3-4,13-15H2,1-2H3,(H,23,25). The lowest BCUT2D eigenvalue weighted by Crippen LogP contribution is -2.40. The maximum atomic E-state index is 12.7. The van der Waals surface area contributed by atoms with Gasteiger partial charge in [0.2, 0.25) is 5.91 Å². The first kappa shape index (κ1) is 19.1. The fraction of sp³-hybridized carbons (Fsp3) is 0.364. The normalized spacial score (nSPS) is 17.3. The molecule has 142 valence electrons. The number of carbonyl (C=O) groups is 2. The quantitative estimate of drug-likeness (QED) is 0.821. The van der Waals surface area contributed by atoms with E-state index in [4.69, 9.17) is 0 Å². The molecule has 2 aromatic rings. The summed E-state index contributed by atoms with van der Waals surface area (Å²) in [7, 11) is 1.35. The molecular formula is C22H26N2O3. The van der Waals surface area contributed by atoms with Gasteiger partial charge in [0.15, 0.2) is 0 Å². The molecule has 0 spiro atoms. The zero-order valence-electron chi connectivity index (χ0n) is 15.9. The van der Waals surface area contributed by atoms with Crippen molar-refractivity contribution in [2.45, 2.75) is 26.3 Å². The summed E-state index contributed by atoms with van der Waals surface area (Å²) in [6.07, 6.45) is 1.92. The van der Waals surface area contributed by atoms with Crippen molar-refractivity contribution in [2.75, 3.05) is 25.5 Å². The number of hydrogen-bond acceptors (Lipinski definition) is 4. The van der Waals surface area contributed by atoms with Crippen LogP contribution in [-0.2, 0) is 16.1 Å². The smallest absolute Gasteiger partial charge is 0.337 e. The van der Waals surface area contributed by atoms with E-state index < -0.39 is 0 Å². The monoisotopic (exact) mass is 366 g/mol. The van der Waals surface area contributed by atoms with E-state index in [1.54, 1.807) is 24.3 Å². The summed E-state index contributed by atoms with van der Waals surface area (Å²) in [6.45, 7) is 4.74. The van der Waals surface area contributed by atoms with Crippen molar-refractivity contribution < 1.29 is 14.3 Å². The minimum Gasteiger partial charge on any atom is -0.465 e. The topological polar surface area (TPSA) is 58.6 Å². The molecule has 1 aliphatic heterocycles. The lowest BCUT2D eigenvalue weighted by atomic mass is 9.96. The molecule has 1 N–H and O–H groups in total. The Bertz CT molecular complexity index is 784. The zero-order valence-corrected chi connectivity index (χ0v) is 15.9. The van der Waals surface area contributed by atoms with Crippen LogP contribution in [0, 0.1) is 12.8 Å². The minimum atomic E-state index is -0.382. The Morgan fingerprint density at radius 2 is 1.81 bits per heavy atom. The molecule has 0 aliphatic carbocycles. The molecule has 0 saturated carbocycles. The van der Waals surface area contributed by atoms with Crippen LogP contribution in [0.3, 0.4) is 0 Å². The Hall–Kier alpha value is -2.66. The predicted molar refractivity (Wildman–Crippen MR) is 106 cm³/mol. The summed E-state index contributed by atoms with van der Waals surface area (Å²) in [5.41, 5.74) is 3.70. The number of aryl methyl sites for hydroxylation is 1. The van der Waals surface area contributed by atoms with Crippen molar-refractivity contribution in [3.05, 3.63) is 65.2 Å². The molecule has 5 nitrogen and oxygen atoms in total. The van der Waals surface area contributed by atoms with Crippen molar-refractivity contribution in [1.82, 2.24) is 4.90 Å². The second-order valence-corrected chi connectivity index (χ2v) is 7.12. The van der Waals surface area contributed by atoms with Gasteiger partial charge in [0, 0.05) is 18.8 Å². The van der Waals surface area contributed by atoms with Gasteiger partial charge in [-0.2, -0.15) is 0 Å². The van der Waals surface area contributed by atoms with Crippen LogP contribution >= 0.6 is 0 Å². The highest BCUT2D eigenvalue weighted by Crippen LogP contribution is 2.21. The third-order valence-electron chi connectivity index (χ3n) is 4.98. The van der Waals surface area contributed by atoms with Crippen molar-refractivity contribution >= 4 is 17.6 Å². The van der Waals surface area contributed by atoms with E-state index in [0.717, 1.165) is 32.5 Å². The van der Waals surface area contributed by atoms with Gasteiger partial charge in [0.1, 0.15) is 0 Å². The number of nitrogens with one attached hydrogen (secondary N) is 1. The van der Waals surface area contributed by atoms with Crippen LogP contribution in [0.5, 0.6) is 0 Å². The predicted octanol–water partition coefficient (Wildman–Crippen LogP) is 3.63. The molecule has 1 aliphatic rings. The molecule has 0 bridgehead atoms. The Morgan fingerprint density at radius 1 is 1.11 bits per heavy atom. The first-order chi connectivity index (χ1) is 13.0. The molecule has 5 heteroatoms. The highest BCUT2D eigenvalue weighted by atomic mass is 16.5. The highest BCUT2D eigenvalue weighted by Gasteiger charge is 2.25. The number of ether oxygens (including phenoxy) is 1. The zero-order chi connectivity index (χ0) is 19.2. The van der Waals surface area contributed by atoms with E-state index in [9.17, 15) is 9.59 Å². The minimum absolute atomic E-state index is 0.0236. The number of likely N-dealkylation sites (tertiary alicyclic amines) is 1. The third-order valence-corrected chi connectivity index (χ3v) is 4.98. The number of esters is 1. The Kier molecular flexibility index (Phi) is 6.24. The second-order valence-electron chi connectivity index (χ2n) is 7.12. The van der Waals surface area contributed by atoms with Gasteiger partial charge >= 0.3 is 5.97 Å². The number of amides is 1. The molecular weight excluding hydrogens is 340 g/mol. The van der Waals surface area contributed by atoms with E-state index in [1.807, 2.05) is 0 Å². The fourth-order valence-corrected chi connectivity index (χ4v) is 3.42. The summed E-state index contributed by atoms with van der Waals surface area (Å²) in [6, 6.07) is 15.3. The van der Waals surface area contributed by atoms with Crippen LogP contribution in [0.4, 0.5) is 5.69 Å². The maximum absolute atomic E-state index is 12.7. The SMILES string of the molecule is COC(=O)c1ccc(NC(=O)C2CCCN(Cc3ccc(C)cc3)C2)cc1. The van der Waals surface area contributed by atoms with E-state index in [-0.39, 0.29) is 17.8 Å². The average molecular weight is 366 g/mol. The van der Waals surface area contributed by atoms with Gasteiger partial charge in [-0.1, -0.05) is 29.8 Å². The van der Waals surface area contributed by atoms with Crippen LogP contribution in [0.2, 0.25) is 0 Å². The van der Waals surface area contributed by atoms with Gasteiger partial charge in [-0.25, -0.2) is 4.79 Å². The Morgan fingerprint density at radius 3 is 2.48 bits per heavy atom. The molecule has 27 heavy (non-hydrogen) atoms. The number of benzene rings is 2. The van der Waals surface area contributed by atoms with Gasteiger partial charge < -0.3 is 10.1 Å². The number of nitrogens with zero attached hydrogens (tertiary/aromatic N) is 1. The number of piperidine rings is 1. The highest BCUT2D eigenvalue weighted by molar-refractivity contribution is 5.94. The summed E-state index contributed by atoms with van der Waals surface area (Å²) in [5, 5.41) is 2.97. The van der Waals surface area contributed by atoms with Crippen LogP contribution in [-0.4, -0.2) is 37.0 Å². The summed E-state index contributed by atoms with van der Waals surface area (Å²) in [4.78, 5) is 26.5. The number of rotatable bonds is 5. The van der Waals surface area contributed by atoms with Gasteiger partial charge in [-0.15, -0.1) is 0 Å². The van der Waals surface area contributed by atoms with Crippen LogP contribution in [0.15, 0.2) is 48.5 Å². The molecule has 3 rings (SSSR count).